The third-order valence-electron chi connectivity index (χ3n) is 4.48. The summed E-state index contributed by atoms with van der Waals surface area (Å²) in [5, 5.41) is 15.0. The summed E-state index contributed by atoms with van der Waals surface area (Å²) in [6.45, 7) is 5.23. The molecule has 0 radical (unpaired) electrons. The van der Waals surface area contributed by atoms with Crippen molar-refractivity contribution >= 4 is 6.03 Å². The molecule has 1 aliphatic rings. The van der Waals surface area contributed by atoms with Crippen molar-refractivity contribution in [1.29, 1.82) is 0 Å². The van der Waals surface area contributed by atoms with Crippen molar-refractivity contribution in [2.45, 2.75) is 45.6 Å². The van der Waals surface area contributed by atoms with Crippen LogP contribution in [0.25, 0.3) is 0 Å². The summed E-state index contributed by atoms with van der Waals surface area (Å²) in [4.78, 5) is 11.9. The Hall–Kier alpha value is -1.75. The minimum absolute atomic E-state index is 0.137. The van der Waals surface area contributed by atoms with Gasteiger partial charge in [-0.25, -0.2) is 4.79 Å². The molecule has 0 unspecified atom stereocenters. The predicted molar refractivity (Wildman–Crippen MR) is 90.8 cm³/mol. The van der Waals surface area contributed by atoms with Gasteiger partial charge in [-0.1, -0.05) is 18.2 Å². The topological polar surface area (TPSA) is 70.6 Å². The van der Waals surface area contributed by atoms with Crippen LogP contribution in [0.5, 0.6) is 5.75 Å². The first kappa shape index (κ1) is 17.6. The van der Waals surface area contributed by atoms with Crippen molar-refractivity contribution in [2.75, 3.05) is 19.8 Å². The molecule has 1 saturated carbocycles. The number of carbonyl (C=O) groups excluding carboxylic acids is 1. The van der Waals surface area contributed by atoms with Gasteiger partial charge in [0.05, 0.1) is 6.54 Å². The van der Waals surface area contributed by atoms with E-state index in [0.29, 0.717) is 19.1 Å². The van der Waals surface area contributed by atoms with E-state index in [1.54, 1.807) is 0 Å². The zero-order valence-electron chi connectivity index (χ0n) is 14.1. The lowest BCUT2D eigenvalue weighted by molar-refractivity contribution is 0.174. The van der Waals surface area contributed by atoms with Crippen LogP contribution in [0.4, 0.5) is 4.79 Å². The lowest BCUT2D eigenvalue weighted by Gasteiger charge is -2.27. The zero-order chi connectivity index (χ0) is 16.7. The smallest absolute Gasteiger partial charge is 0.315 e. The molecule has 23 heavy (non-hydrogen) atoms. The Morgan fingerprint density at radius 3 is 2.48 bits per heavy atom. The number of para-hydroxylation sites is 1. The number of nitrogens with one attached hydrogen (secondary N) is 2. The van der Waals surface area contributed by atoms with Gasteiger partial charge in [0.1, 0.15) is 12.4 Å². The van der Waals surface area contributed by atoms with Crippen LogP contribution >= 0.6 is 0 Å². The van der Waals surface area contributed by atoms with Crippen molar-refractivity contribution in [3.8, 4) is 5.75 Å². The number of aliphatic hydroxyl groups excluding tert-OH is 1. The normalized spacial score (nSPS) is 20.8. The van der Waals surface area contributed by atoms with Crippen molar-refractivity contribution in [3.05, 3.63) is 29.3 Å². The van der Waals surface area contributed by atoms with Crippen LogP contribution in [0.1, 0.15) is 36.8 Å². The van der Waals surface area contributed by atoms with E-state index in [1.807, 2.05) is 32.0 Å². The third-order valence-corrected chi connectivity index (χ3v) is 4.48. The first-order chi connectivity index (χ1) is 11.1. The lowest BCUT2D eigenvalue weighted by atomic mass is 9.87. The Kier molecular flexibility index (Phi) is 6.71. The molecule has 1 aliphatic carbocycles. The van der Waals surface area contributed by atoms with Crippen LogP contribution in [-0.4, -0.2) is 36.9 Å². The molecule has 2 amide bonds. The molecule has 3 N–H and O–H groups in total. The molecule has 2 rings (SSSR count). The first-order valence-electron chi connectivity index (χ1n) is 8.44. The molecule has 0 heterocycles. The number of ether oxygens (including phenoxy) is 1. The van der Waals surface area contributed by atoms with Gasteiger partial charge in [-0.3, -0.25) is 0 Å². The van der Waals surface area contributed by atoms with Gasteiger partial charge < -0.3 is 20.5 Å². The molecule has 0 spiro atoms. The molecule has 1 fully saturated rings. The molecule has 0 bridgehead atoms. The van der Waals surface area contributed by atoms with Crippen molar-refractivity contribution in [1.82, 2.24) is 10.6 Å². The Labute approximate surface area is 138 Å². The van der Waals surface area contributed by atoms with Crippen molar-refractivity contribution in [2.24, 2.45) is 5.92 Å². The predicted octanol–water partition coefficient (Wildman–Crippen LogP) is 2.53. The van der Waals surface area contributed by atoms with Gasteiger partial charge in [0.15, 0.2) is 0 Å². The van der Waals surface area contributed by atoms with Gasteiger partial charge in [0, 0.05) is 12.6 Å². The van der Waals surface area contributed by atoms with Crippen LogP contribution < -0.4 is 15.4 Å². The number of aliphatic hydroxyl groups is 1. The fraction of sp³-hybridized carbons (Fsp3) is 0.611. The summed E-state index contributed by atoms with van der Waals surface area (Å²) in [5.41, 5.74) is 2.21. The molecule has 1 aromatic rings. The molecule has 0 aromatic heterocycles. The number of amides is 2. The Morgan fingerprint density at radius 2 is 1.87 bits per heavy atom. The van der Waals surface area contributed by atoms with Crippen LogP contribution in [0.2, 0.25) is 0 Å². The molecule has 0 saturated heterocycles. The van der Waals surface area contributed by atoms with E-state index in [2.05, 4.69) is 10.6 Å². The first-order valence-corrected chi connectivity index (χ1v) is 8.44. The van der Waals surface area contributed by atoms with Crippen LogP contribution in [0, 0.1) is 19.8 Å². The van der Waals surface area contributed by atoms with Crippen molar-refractivity contribution in [3.63, 3.8) is 0 Å². The second kappa shape index (κ2) is 8.77. The maximum Gasteiger partial charge on any atom is 0.315 e. The third kappa shape index (κ3) is 5.43. The van der Waals surface area contributed by atoms with E-state index < -0.39 is 0 Å². The second-order valence-electron chi connectivity index (χ2n) is 6.37. The number of hydrogen-bond acceptors (Lipinski definition) is 3. The molecule has 1 aromatic carbocycles. The average Bonchev–Trinajstić information content (AvgIpc) is 2.54. The van der Waals surface area contributed by atoms with E-state index in [-0.39, 0.29) is 18.7 Å². The van der Waals surface area contributed by atoms with E-state index in [9.17, 15) is 4.79 Å². The fourth-order valence-electron chi connectivity index (χ4n) is 3.07. The number of rotatable bonds is 6. The highest BCUT2D eigenvalue weighted by molar-refractivity contribution is 5.74. The van der Waals surface area contributed by atoms with Crippen LogP contribution in [0.15, 0.2) is 18.2 Å². The van der Waals surface area contributed by atoms with E-state index in [1.165, 1.54) is 0 Å². The molecule has 5 heteroatoms. The number of benzene rings is 1. The quantitative estimate of drug-likeness (QED) is 0.705. The van der Waals surface area contributed by atoms with Gasteiger partial charge in [-0.15, -0.1) is 0 Å². The number of aryl methyl sites for hydroxylation is 2. The van der Waals surface area contributed by atoms with E-state index >= 15 is 0 Å². The highest BCUT2D eigenvalue weighted by Crippen LogP contribution is 2.23. The highest BCUT2D eigenvalue weighted by atomic mass is 16.5. The minimum atomic E-state index is -0.137. The summed E-state index contributed by atoms with van der Waals surface area (Å²) in [7, 11) is 0. The van der Waals surface area contributed by atoms with E-state index in [4.69, 9.17) is 9.84 Å². The standard InChI is InChI=1S/C18H28N2O3/c1-13-4-3-5-14(2)17(13)23-11-10-19-18(22)20-16-8-6-15(12-21)7-9-16/h3-5,15-16,21H,6-12H2,1-2H3,(H2,19,20,22). The zero-order valence-corrected chi connectivity index (χ0v) is 14.1. The number of hydrogen-bond donors (Lipinski definition) is 3. The van der Waals surface area contributed by atoms with Gasteiger partial charge in [-0.05, 0) is 56.6 Å². The minimum Gasteiger partial charge on any atom is -0.491 e. The lowest BCUT2D eigenvalue weighted by Crippen LogP contribution is -2.44. The number of carbonyl (C=O) groups is 1. The summed E-state index contributed by atoms with van der Waals surface area (Å²) in [5.74, 6) is 1.30. The Bertz CT molecular complexity index is 491. The maximum atomic E-state index is 11.9. The van der Waals surface area contributed by atoms with Gasteiger partial charge in [-0.2, -0.15) is 0 Å². The molecule has 5 nitrogen and oxygen atoms in total. The molecule has 128 valence electrons. The number of urea groups is 1. The van der Waals surface area contributed by atoms with Gasteiger partial charge in [0.25, 0.3) is 0 Å². The Balaban J connectivity index is 1.64. The fourth-order valence-corrected chi connectivity index (χ4v) is 3.07. The average molecular weight is 320 g/mol. The van der Waals surface area contributed by atoms with Crippen molar-refractivity contribution < 1.29 is 14.6 Å². The monoisotopic (exact) mass is 320 g/mol. The molecular formula is C18H28N2O3. The molecule has 0 aliphatic heterocycles. The highest BCUT2D eigenvalue weighted by Gasteiger charge is 2.21. The largest absolute Gasteiger partial charge is 0.491 e. The molecule has 0 atom stereocenters. The van der Waals surface area contributed by atoms with Gasteiger partial charge in [0.2, 0.25) is 0 Å². The van der Waals surface area contributed by atoms with E-state index in [0.717, 1.165) is 42.6 Å². The Morgan fingerprint density at radius 1 is 1.22 bits per heavy atom. The van der Waals surface area contributed by atoms with Crippen LogP contribution in [0.3, 0.4) is 0 Å². The van der Waals surface area contributed by atoms with Crippen LogP contribution in [-0.2, 0) is 0 Å². The summed E-state index contributed by atoms with van der Waals surface area (Å²) < 4.78 is 5.77. The summed E-state index contributed by atoms with van der Waals surface area (Å²) in [6.07, 6.45) is 3.85. The summed E-state index contributed by atoms with van der Waals surface area (Å²) >= 11 is 0. The second-order valence-corrected chi connectivity index (χ2v) is 6.37. The molecular weight excluding hydrogens is 292 g/mol. The summed E-state index contributed by atoms with van der Waals surface area (Å²) in [6, 6.07) is 6.13. The SMILES string of the molecule is Cc1cccc(C)c1OCCNC(=O)NC1CCC(CO)CC1. The van der Waals surface area contributed by atoms with Gasteiger partial charge >= 0.3 is 6.03 Å². The maximum absolute atomic E-state index is 11.9.